The molecule has 2 rings (SSSR count). The summed E-state index contributed by atoms with van der Waals surface area (Å²) < 4.78 is 18.0. The van der Waals surface area contributed by atoms with Crippen LogP contribution in [0.2, 0.25) is 0 Å². The molecule has 0 bridgehead atoms. The largest absolute Gasteiger partial charge is 0.484 e. The summed E-state index contributed by atoms with van der Waals surface area (Å²) in [5.41, 5.74) is 4.51. The van der Waals surface area contributed by atoms with Gasteiger partial charge in [-0.1, -0.05) is 12.1 Å². The molecule has 0 saturated carbocycles. The molecule has 21 heavy (non-hydrogen) atoms. The lowest BCUT2D eigenvalue weighted by Crippen LogP contribution is -2.44. The lowest BCUT2D eigenvalue weighted by molar-refractivity contribution is -0.129. The Bertz CT molecular complexity index is 616. The molecule has 0 atom stereocenters. The lowest BCUT2D eigenvalue weighted by Gasteiger charge is -2.08. The first-order valence-corrected chi connectivity index (χ1v) is 7.00. The molecule has 0 aliphatic carbocycles. The Morgan fingerprint density at radius 2 is 1.95 bits per heavy atom. The Hall–Kier alpha value is -2.41. The molecule has 5 nitrogen and oxygen atoms in total. The van der Waals surface area contributed by atoms with Crippen LogP contribution in [0.1, 0.15) is 4.88 Å². The van der Waals surface area contributed by atoms with Crippen LogP contribution in [0.25, 0.3) is 0 Å². The van der Waals surface area contributed by atoms with Crippen LogP contribution in [0.3, 0.4) is 0 Å². The number of benzene rings is 1. The van der Waals surface area contributed by atoms with Crippen molar-refractivity contribution < 1.29 is 18.7 Å². The van der Waals surface area contributed by atoms with Gasteiger partial charge in [0, 0.05) is 10.9 Å². The van der Waals surface area contributed by atoms with Crippen LogP contribution in [-0.2, 0) is 16.0 Å². The van der Waals surface area contributed by atoms with Gasteiger partial charge in [-0.25, -0.2) is 4.39 Å². The van der Waals surface area contributed by atoms with Crippen molar-refractivity contribution in [2.75, 3.05) is 6.61 Å². The molecule has 110 valence electrons. The minimum Gasteiger partial charge on any atom is -0.484 e. The highest BCUT2D eigenvalue weighted by Gasteiger charge is 2.07. The number of hydrazine groups is 1. The van der Waals surface area contributed by atoms with E-state index in [0.29, 0.717) is 0 Å². The van der Waals surface area contributed by atoms with Crippen molar-refractivity contribution in [1.29, 1.82) is 0 Å². The van der Waals surface area contributed by atoms with E-state index >= 15 is 0 Å². The van der Waals surface area contributed by atoms with Gasteiger partial charge in [0.25, 0.3) is 5.91 Å². The highest BCUT2D eigenvalue weighted by molar-refractivity contribution is 7.10. The first kappa shape index (κ1) is 15.0. The number of hydrogen-bond acceptors (Lipinski definition) is 4. The molecule has 0 unspecified atom stereocenters. The van der Waals surface area contributed by atoms with Gasteiger partial charge in [-0.05, 0) is 23.6 Å². The van der Waals surface area contributed by atoms with Gasteiger partial charge in [-0.2, -0.15) is 0 Å². The summed E-state index contributed by atoms with van der Waals surface area (Å²) in [6, 6.07) is 9.13. The standard InChI is InChI=1S/C14H13FN2O3S/c15-10-3-1-4-11(7-10)20-9-14(19)17-16-13(18)8-12-5-2-6-21-12/h1-7H,8-9H2,(H,16,18)(H,17,19). The molecular formula is C14H13FN2O3S. The highest BCUT2D eigenvalue weighted by atomic mass is 32.1. The number of rotatable bonds is 5. The molecule has 2 N–H and O–H groups in total. The number of hydrogen-bond donors (Lipinski definition) is 2. The lowest BCUT2D eigenvalue weighted by atomic mass is 10.3. The second-order valence-corrected chi connectivity index (χ2v) is 5.13. The molecule has 0 fully saturated rings. The van der Waals surface area contributed by atoms with Crippen molar-refractivity contribution in [2.24, 2.45) is 0 Å². The maximum Gasteiger partial charge on any atom is 0.276 e. The smallest absolute Gasteiger partial charge is 0.276 e. The fourth-order valence-electron chi connectivity index (χ4n) is 1.50. The molecule has 7 heteroatoms. The second-order valence-electron chi connectivity index (χ2n) is 4.10. The maximum absolute atomic E-state index is 12.9. The SMILES string of the molecule is O=C(COc1cccc(F)c1)NNC(=O)Cc1cccs1. The van der Waals surface area contributed by atoms with Crippen molar-refractivity contribution in [3.05, 3.63) is 52.5 Å². The summed E-state index contributed by atoms with van der Waals surface area (Å²) in [5, 5.41) is 1.87. The van der Waals surface area contributed by atoms with E-state index in [4.69, 9.17) is 4.74 Å². The number of halogens is 1. The van der Waals surface area contributed by atoms with Crippen LogP contribution in [0.4, 0.5) is 4.39 Å². The van der Waals surface area contributed by atoms with Crippen molar-refractivity contribution in [3.8, 4) is 5.75 Å². The van der Waals surface area contributed by atoms with E-state index in [2.05, 4.69) is 10.9 Å². The Morgan fingerprint density at radius 1 is 1.14 bits per heavy atom. The van der Waals surface area contributed by atoms with E-state index in [-0.39, 0.29) is 24.7 Å². The topological polar surface area (TPSA) is 67.4 Å². The van der Waals surface area contributed by atoms with E-state index in [1.807, 2.05) is 17.5 Å². The Kier molecular flexibility index (Phi) is 5.28. The average Bonchev–Trinajstić information content (AvgIpc) is 2.96. The van der Waals surface area contributed by atoms with Crippen LogP contribution in [-0.4, -0.2) is 18.4 Å². The van der Waals surface area contributed by atoms with Crippen LogP contribution < -0.4 is 15.6 Å². The molecule has 0 radical (unpaired) electrons. The highest BCUT2D eigenvalue weighted by Crippen LogP contribution is 2.11. The fourth-order valence-corrected chi connectivity index (χ4v) is 2.20. The zero-order valence-corrected chi connectivity index (χ0v) is 11.8. The molecule has 0 aliphatic heterocycles. The Balaban J connectivity index is 1.69. The quantitative estimate of drug-likeness (QED) is 0.826. The zero-order chi connectivity index (χ0) is 15.1. The van der Waals surface area contributed by atoms with Gasteiger partial charge in [0.1, 0.15) is 11.6 Å². The van der Waals surface area contributed by atoms with Gasteiger partial charge in [0.15, 0.2) is 6.61 Å². The predicted octanol–water partition coefficient (Wildman–Crippen LogP) is 1.66. The van der Waals surface area contributed by atoms with Gasteiger partial charge in [0.05, 0.1) is 6.42 Å². The third-order valence-electron chi connectivity index (χ3n) is 2.42. The second kappa shape index (κ2) is 7.39. The van der Waals surface area contributed by atoms with Gasteiger partial charge in [-0.3, -0.25) is 20.4 Å². The van der Waals surface area contributed by atoms with E-state index in [0.717, 1.165) is 4.88 Å². The van der Waals surface area contributed by atoms with Crippen molar-refractivity contribution >= 4 is 23.2 Å². The predicted molar refractivity (Wildman–Crippen MR) is 76.2 cm³/mol. The molecule has 2 amide bonds. The first-order valence-electron chi connectivity index (χ1n) is 6.12. The van der Waals surface area contributed by atoms with E-state index in [1.165, 1.54) is 35.6 Å². The van der Waals surface area contributed by atoms with Crippen molar-refractivity contribution in [1.82, 2.24) is 10.9 Å². The van der Waals surface area contributed by atoms with Crippen molar-refractivity contribution in [2.45, 2.75) is 6.42 Å². The number of amides is 2. The minimum absolute atomic E-state index is 0.197. The molecule has 2 aromatic rings. The normalized spacial score (nSPS) is 9.95. The first-order chi connectivity index (χ1) is 10.1. The van der Waals surface area contributed by atoms with Gasteiger partial charge < -0.3 is 4.74 Å². The van der Waals surface area contributed by atoms with Gasteiger partial charge in [-0.15, -0.1) is 11.3 Å². The van der Waals surface area contributed by atoms with Gasteiger partial charge >= 0.3 is 0 Å². The van der Waals surface area contributed by atoms with E-state index in [1.54, 1.807) is 0 Å². The van der Waals surface area contributed by atoms with Crippen LogP contribution in [0.15, 0.2) is 41.8 Å². The van der Waals surface area contributed by atoms with Crippen LogP contribution in [0.5, 0.6) is 5.75 Å². The van der Waals surface area contributed by atoms with Crippen LogP contribution in [0, 0.1) is 5.82 Å². The average molecular weight is 308 g/mol. The summed E-state index contributed by atoms with van der Waals surface area (Å²) in [4.78, 5) is 23.9. The molecule has 1 heterocycles. The fraction of sp³-hybridized carbons (Fsp3) is 0.143. The zero-order valence-electron chi connectivity index (χ0n) is 11.0. The molecule has 1 aromatic heterocycles. The number of nitrogens with one attached hydrogen (secondary N) is 2. The number of thiophene rings is 1. The van der Waals surface area contributed by atoms with Crippen molar-refractivity contribution in [3.63, 3.8) is 0 Å². The summed E-state index contributed by atoms with van der Waals surface area (Å²) in [6.45, 7) is -0.317. The third-order valence-corrected chi connectivity index (χ3v) is 3.30. The minimum atomic E-state index is -0.529. The molecule has 0 spiro atoms. The third kappa shape index (κ3) is 5.23. The van der Waals surface area contributed by atoms with Gasteiger partial charge in [0.2, 0.25) is 5.91 Å². The Labute approximate surface area is 124 Å². The maximum atomic E-state index is 12.9. The summed E-state index contributed by atoms with van der Waals surface area (Å²) in [7, 11) is 0. The summed E-state index contributed by atoms with van der Waals surface area (Å²) in [5.74, 6) is -1.05. The van der Waals surface area contributed by atoms with Crippen LogP contribution >= 0.6 is 11.3 Å². The number of carbonyl (C=O) groups is 2. The monoisotopic (exact) mass is 308 g/mol. The molecular weight excluding hydrogens is 295 g/mol. The molecule has 0 aliphatic rings. The molecule has 1 aromatic carbocycles. The van der Waals surface area contributed by atoms with E-state index < -0.39 is 11.7 Å². The summed E-state index contributed by atoms with van der Waals surface area (Å²) >= 11 is 1.46. The molecule has 0 saturated heterocycles. The van der Waals surface area contributed by atoms with E-state index in [9.17, 15) is 14.0 Å². The number of ether oxygens (including phenoxy) is 1. The summed E-state index contributed by atoms with van der Waals surface area (Å²) in [6.07, 6.45) is 0.197. The number of carbonyl (C=O) groups excluding carboxylic acids is 2. The Morgan fingerprint density at radius 3 is 2.67 bits per heavy atom.